The number of carbonyl (C=O) groups excluding carboxylic acids is 1. The number of benzene rings is 2. The average molecular weight is 450 g/mol. The Kier molecular flexibility index (Phi) is 5.12. The first-order valence-electron chi connectivity index (χ1n) is 10.2. The molecular weight excluding hydrogens is 433 g/mol. The summed E-state index contributed by atoms with van der Waals surface area (Å²) in [4.78, 5) is 16.9. The lowest BCUT2D eigenvalue weighted by Crippen LogP contribution is -2.27. The number of tetrazole rings is 1. The number of aromatic nitrogens is 5. The third kappa shape index (κ3) is 3.95. The van der Waals surface area contributed by atoms with Gasteiger partial charge in [-0.15, -0.1) is 10.2 Å². The summed E-state index contributed by atoms with van der Waals surface area (Å²) in [6.45, 7) is 0. The van der Waals surface area contributed by atoms with Gasteiger partial charge in [0.25, 0.3) is 6.43 Å². The van der Waals surface area contributed by atoms with Crippen LogP contribution in [0.3, 0.4) is 0 Å². The molecule has 1 amide bonds. The van der Waals surface area contributed by atoms with Gasteiger partial charge in [0.15, 0.2) is 0 Å². The summed E-state index contributed by atoms with van der Waals surface area (Å²) in [5, 5.41) is 16.9. The molecule has 4 aromatic rings. The molecule has 0 saturated heterocycles. The maximum absolute atomic E-state index is 13.3. The van der Waals surface area contributed by atoms with Crippen LogP contribution in [0.5, 0.6) is 0 Å². The van der Waals surface area contributed by atoms with Crippen molar-refractivity contribution in [3.8, 4) is 22.5 Å². The number of hydrogen-bond donors (Lipinski definition) is 2. The number of H-pyrrole nitrogens is 1. The summed E-state index contributed by atoms with van der Waals surface area (Å²) in [6.07, 6.45) is 0.0289. The Hall–Kier alpha value is -4.08. The molecule has 7 nitrogen and oxygen atoms in total. The molecule has 1 aliphatic carbocycles. The van der Waals surface area contributed by atoms with Gasteiger partial charge in [-0.2, -0.15) is 5.21 Å². The molecule has 166 valence electrons. The number of anilines is 1. The fraction of sp³-hybridized carbons (Fsp3) is 0.174. The summed E-state index contributed by atoms with van der Waals surface area (Å²) in [6, 6.07) is 13.9. The lowest BCUT2D eigenvalue weighted by molar-refractivity contribution is -0.118. The van der Waals surface area contributed by atoms with E-state index in [0.29, 0.717) is 35.2 Å². The van der Waals surface area contributed by atoms with E-state index in [1.165, 1.54) is 24.4 Å². The molecule has 5 rings (SSSR count). The topological polar surface area (TPSA) is 96.5 Å². The van der Waals surface area contributed by atoms with E-state index in [0.717, 1.165) is 5.56 Å². The van der Waals surface area contributed by atoms with Gasteiger partial charge in [-0.05, 0) is 59.5 Å². The van der Waals surface area contributed by atoms with Crippen molar-refractivity contribution >= 4 is 11.6 Å². The van der Waals surface area contributed by atoms with E-state index in [9.17, 15) is 18.0 Å². The number of amides is 1. The van der Waals surface area contributed by atoms with Gasteiger partial charge in [0.1, 0.15) is 11.5 Å². The van der Waals surface area contributed by atoms with Gasteiger partial charge in [-0.1, -0.05) is 24.3 Å². The van der Waals surface area contributed by atoms with Crippen molar-refractivity contribution in [2.75, 3.05) is 5.32 Å². The normalized spacial score (nSPS) is 14.3. The molecule has 0 spiro atoms. The van der Waals surface area contributed by atoms with E-state index >= 15 is 0 Å². The SMILES string of the molecule is O=C(Nc1ccc(-c2ccc(C(F)F)nc2)c(-c2nn[nH]n2)c1)C1(c2ccc(F)cc2)CC1. The van der Waals surface area contributed by atoms with Crippen LogP contribution in [-0.4, -0.2) is 31.5 Å². The fourth-order valence-corrected chi connectivity index (χ4v) is 3.82. The second kappa shape index (κ2) is 8.12. The van der Waals surface area contributed by atoms with Crippen LogP contribution in [-0.2, 0) is 10.2 Å². The lowest BCUT2D eigenvalue weighted by atomic mass is 9.94. The van der Waals surface area contributed by atoms with Crippen molar-refractivity contribution in [1.82, 2.24) is 25.6 Å². The molecule has 0 unspecified atom stereocenters. The minimum atomic E-state index is -2.66. The first-order valence-corrected chi connectivity index (χ1v) is 10.2. The van der Waals surface area contributed by atoms with Crippen LogP contribution in [0.15, 0.2) is 60.8 Å². The monoisotopic (exact) mass is 450 g/mol. The molecule has 1 fully saturated rings. The minimum Gasteiger partial charge on any atom is -0.325 e. The fourth-order valence-electron chi connectivity index (χ4n) is 3.82. The molecule has 0 bridgehead atoms. The molecule has 0 radical (unpaired) electrons. The van der Waals surface area contributed by atoms with Crippen molar-refractivity contribution in [3.05, 3.63) is 77.9 Å². The molecule has 1 saturated carbocycles. The Bertz CT molecular complexity index is 1290. The standard InChI is InChI=1S/C23H17F3N6O/c24-15-4-2-14(3-5-15)23(9-10-23)22(33)28-16-6-7-17(18(11-16)21-29-31-32-30-21)13-1-8-19(20(25)26)27-12-13/h1-8,11-12,20H,9-10H2,(H,28,33)(H,29,30,31,32). The number of pyridine rings is 1. The second-order valence-corrected chi connectivity index (χ2v) is 7.81. The van der Waals surface area contributed by atoms with E-state index in [1.54, 1.807) is 36.4 Å². The van der Waals surface area contributed by atoms with Crippen LogP contribution >= 0.6 is 0 Å². The van der Waals surface area contributed by atoms with Gasteiger partial charge in [0.05, 0.1) is 5.41 Å². The lowest BCUT2D eigenvalue weighted by Gasteiger charge is -2.17. The van der Waals surface area contributed by atoms with Crippen molar-refractivity contribution in [2.24, 2.45) is 0 Å². The molecular formula is C23H17F3N6O. The van der Waals surface area contributed by atoms with Gasteiger partial charge >= 0.3 is 0 Å². The Morgan fingerprint density at radius 3 is 2.42 bits per heavy atom. The summed E-state index contributed by atoms with van der Waals surface area (Å²) in [5.41, 5.74) is 2.03. The first-order chi connectivity index (χ1) is 16.0. The highest BCUT2D eigenvalue weighted by Gasteiger charge is 2.51. The molecule has 0 aliphatic heterocycles. The van der Waals surface area contributed by atoms with Gasteiger partial charge in [-0.3, -0.25) is 9.78 Å². The molecule has 0 atom stereocenters. The minimum absolute atomic E-state index is 0.191. The average Bonchev–Trinajstić information content (AvgIpc) is 3.45. The molecule has 2 aromatic heterocycles. The Labute approximate surface area is 186 Å². The van der Waals surface area contributed by atoms with Gasteiger partial charge in [0, 0.05) is 23.0 Å². The van der Waals surface area contributed by atoms with Crippen LogP contribution < -0.4 is 5.32 Å². The summed E-state index contributed by atoms with van der Waals surface area (Å²) in [7, 11) is 0. The third-order valence-electron chi connectivity index (χ3n) is 5.77. The van der Waals surface area contributed by atoms with E-state index in [1.807, 2.05) is 0 Å². The zero-order valence-electron chi connectivity index (χ0n) is 17.1. The number of aromatic amines is 1. The quantitative estimate of drug-likeness (QED) is 0.445. The highest BCUT2D eigenvalue weighted by molar-refractivity contribution is 6.02. The first kappa shape index (κ1) is 20.8. The van der Waals surface area contributed by atoms with Crippen molar-refractivity contribution < 1.29 is 18.0 Å². The zero-order chi connectivity index (χ0) is 23.0. The van der Waals surface area contributed by atoms with Crippen molar-refractivity contribution in [1.29, 1.82) is 0 Å². The predicted molar refractivity (Wildman–Crippen MR) is 114 cm³/mol. The highest BCUT2D eigenvalue weighted by Crippen LogP contribution is 2.49. The van der Waals surface area contributed by atoms with Crippen molar-refractivity contribution in [2.45, 2.75) is 24.7 Å². The number of carbonyl (C=O) groups is 1. The van der Waals surface area contributed by atoms with E-state index < -0.39 is 11.8 Å². The predicted octanol–water partition coefficient (Wildman–Crippen LogP) is 4.68. The van der Waals surface area contributed by atoms with Crippen molar-refractivity contribution in [3.63, 3.8) is 0 Å². The number of alkyl halides is 2. The van der Waals surface area contributed by atoms with E-state index in [-0.39, 0.29) is 23.2 Å². The van der Waals surface area contributed by atoms with Gasteiger partial charge < -0.3 is 5.32 Å². The van der Waals surface area contributed by atoms with Gasteiger partial charge in [0.2, 0.25) is 11.7 Å². The molecule has 1 aliphatic rings. The highest BCUT2D eigenvalue weighted by atomic mass is 19.3. The number of rotatable bonds is 6. The second-order valence-electron chi connectivity index (χ2n) is 7.81. The Morgan fingerprint density at radius 1 is 1.03 bits per heavy atom. The third-order valence-corrected chi connectivity index (χ3v) is 5.77. The molecule has 2 heterocycles. The summed E-state index contributed by atoms with van der Waals surface area (Å²) < 4.78 is 39.0. The van der Waals surface area contributed by atoms with E-state index in [2.05, 4.69) is 30.9 Å². The summed E-state index contributed by atoms with van der Waals surface area (Å²) in [5.74, 6) is -0.269. The molecule has 33 heavy (non-hydrogen) atoms. The van der Waals surface area contributed by atoms with Crippen LogP contribution in [0.4, 0.5) is 18.9 Å². The number of nitrogens with one attached hydrogen (secondary N) is 2. The van der Waals surface area contributed by atoms with Gasteiger partial charge in [-0.25, -0.2) is 13.2 Å². The van der Waals surface area contributed by atoms with Crippen LogP contribution in [0, 0.1) is 5.82 Å². The molecule has 10 heteroatoms. The van der Waals surface area contributed by atoms with Crippen LogP contribution in [0.1, 0.15) is 30.5 Å². The zero-order valence-corrected chi connectivity index (χ0v) is 17.1. The Balaban J connectivity index is 1.46. The Morgan fingerprint density at radius 2 is 1.82 bits per heavy atom. The largest absolute Gasteiger partial charge is 0.325 e. The molecule has 2 aromatic carbocycles. The molecule has 2 N–H and O–H groups in total. The summed E-state index contributed by atoms with van der Waals surface area (Å²) >= 11 is 0. The number of nitrogens with zero attached hydrogens (tertiary/aromatic N) is 4. The maximum atomic E-state index is 13.3. The number of halogens is 3. The maximum Gasteiger partial charge on any atom is 0.280 e. The van der Waals surface area contributed by atoms with Crippen LogP contribution in [0.2, 0.25) is 0 Å². The number of hydrogen-bond acceptors (Lipinski definition) is 5. The van der Waals surface area contributed by atoms with Crippen LogP contribution in [0.25, 0.3) is 22.5 Å². The smallest absolute Gasteiger partial charge is 0.280 e. The van der Waals surface area contributed by atoms with E-state index in [4.69, 9.17) is 0 Å².